The molecule has 2 N–H and O–H groups in total. The molecule has 2 heterocycles. The van der Waals surface area contributed by atoms with Gasteiger partial charge in [0.2, 0.25) is 5.91 Å². The zero-order valence-corrected chi connectivity index (χ0v) is 15.5. The molecule has 1 spiro atoms. The van der Waals surface area contributed by atoms with Crippen LogP contribution >= 0.6 is 0 Å². The van der Waals surface area contributed by atoms with E-state index in [9.17, 15) is 9.18 Å². The number of nitrogens with zero attached hydrogens (tertiary/aromatic N) is 1. The van der Waals surface area contributed by atoms with Crippen LogP contribution in [0.3, 0.4) is 0 Å². The summed E-state index contributed by atoms with van der Waals surface area (Å²) in [4.78, 5) is 14.8. The Morgan fingerprint density at radius 2 is 1.78 bits per heavy atom. The SMILES string of the molecule is O=C1CC2(CCN(Cc3ccc(F)cc3)CC2)Nc2ccccc2CCN1. The molecule has 1 fully saturated rings. The summed E-state index contributed by atoms with van der Waals surface area (Å²) in [6, 6.07) is 15.1. The number of benzene rings is 2. The number of amides is 1. The fourth-order valence-corrected chi connectivity index (χ4v) is 4.19. The largest absolute Gasteiger partial charge is 0.379 e. The van der Waals surface area contributed by atoms with Gasteiger partial charge in [-0.25, -0.2) is 4.39 Å². The van der Waals surface area contributed by atoms with Gasteiger partial charge in [-0.3, -0.25) is 9.69 Å². The van der Waals surface area contributed by atoms with Crippen LogP contribution in [0.2, 0.25) is 0 Å². The number of hydrogen-bond donors (Lipinski definition) is 2. The van der Waals surface area contributed by atoms with Gasteiger partial charge in [0.1, 0.15) is 5.82 Å². The van der Waals surface area contributed by atoms with Gasteiger partial charge in [0.05, 0.1) is 0 Å². The Kier molecular flexibility index (Phi) is 5.12. The lowest BCUT2D eigenvalue weighted by atomic mass is 9.83. The summed E-state index contributed by atoms with van der Waals surface area (Å²) in [5, 5.41) is 6.81. The number of piperidine rings is 1. The van der Waals surface area contributed by atoms with E-state index in [0.29, 0.717) is 13.0 Å². The number of anilines is 1. The summed E-state index contributed by atoms with van der Waals surface area (Å²) < 4.78 is 13.1. The predicted octanol–water partition coefficient (Wildman–Crippen LogP) is 3.33. The lowest BCUT2D eigenvalue weighted by molar-refractivity contribution is -0.122. The van der Waals surface area contributed by atoms with Gasteiger partial charge >= 0.3 is 0 Å². The first kappa shape index (κ1) is 18.0. The van der Waals surface area contributed by atoms with Crippen molar-refractivity contribution in [3.05, 3.63) is 65.5 Å². The predicted molar refractivity (Wildman–Crippen MR) is 105 cm³/mol. The molecule has 2 aliphatic rings. The first-order valence-electron chi connectivity index (χ1n) is 9.72. The molecule has 0 unspecified atom stereocenters. The number of hydrogen-bond acceptors (Lipinski definition) is 3. The number of nitrogens with one attached hydrogen (secondary N) is 2. The second-order valence-electron chi connectivity index (χ2n) is 7.74. The highest BCUT2D eigenvalue weighted by molar-refractivity contribution is 5.78. The van der Waals surface area contributed by atoms with E-state index in [0.717, 1.165) is 50.1 Å². The molecule has 0 saturated carbocycles. The van der Waals surface area contributed by atoms with Crippen molar-refractivity contribution in [3.63, 3.8) is 0 Å². The Morgan fingerprint density at radius 3 is 2.56 bits per heavy atom. The molecule has 4 nitrogen and oxygen atoms in total. The molecule has 0 bridgehead atoms. The van der Waals surface area contributed by atoms with Crippen LogP contribution in [-0.4, -0.2) is 36.0 Å². The molecule has 27 heavy (non-hydrogen) atoms. The minimum absolute atomic E-state index is 0.127. The molecular weight excluding hydrogens is 341 g/mol. The highest BCUT2D eigenvalue weighted by Gasteiger charge is 2.37. The van der Waals surface area contributed by atoms with Crippen LogP contribution < -0.4 is 10.6 Å². The van der Waals surface area contributed by atoms with Crippen molar-refractivity contribution in [1.82, 2.24) is 10.2 Å². The van der Waals surface area contributed by atoms with Crippen LogP contribution in [0.4, 0.5) is 10.1 Å². The molecule has 0 atom stereocenters. The van der Waals surface area contributed by atoms with Gasteiger partial charge in [0.15, 0.2) is 0 Å². The van der Waals surface area contributed by atoms with E-state index in [1.54, 1.807) is 0 Å². The van der Waals surface area contributed by atoms with E-state index >= 15 is 0 Å². The first-order valence-corrected chi connectivity index (χ1v) is 9.72. The number of halogens is 1. The van der Waals surface area contributed by atoms with Gasteiger partial charge in [-0.15, -0.1) is 0 Å². The molecule has 1 amide bonds. The van der Waals surface area contributed by atoms with Gasteiger partial charge in [0, 0.05) is 43.8 Å². The summed E-state index contributed by atoms with van der Waals surface area (Å²) in [5.74, 6) is -0.0712. The van der Waals surface area contributed by atoms with Crippen LogP contribution in [0.1, 0.15) is 30.4 Å². The van der Waals surface area contributed by atoms with Crippen LogP contribution in [0.25, 0.3) is 0 Å². The molecule has 5 heteroatoms. The van der Waals surface area contributed by atoms with Crippen molar-refractivity contribution in [2.45, 2.75) is 37.8 Å². The second-order valence-corrected chi connectivity index (χ2v) is 7.74. The van der Waals surface area contributed by atoms with Gasteiger partial charge in [-0.2, -0.15) is 0 Å². The molecule has 0 radical (unpaired) electrons. The number of carbonyl (C=O) groups excluding carboxylic acids is 1. The molecule has 2 aromatic rings. The Bertz CT molecular complexity index is 797. The molecule has 1 saturated heterocycles. The minimum Gasteiger partial charge on any atom is -0.379 e. The van der Waals surface area contributed by atoms with Gasteiger partial charge in [0.25, 0.3) is 0 Å². The van der Waals surface area contributed by atoms with Crippen molar-refractivity contribution in [2.75, 3.05) is 25.0 Å². The summed E-state index contributed by atoms with van der Waals surface area (Å²) in [6.07, 6.45) is 3.18. The van der Waals surface area contributed by atoms with Crippen molar-refractivity contribution in [2.24, 2.45) is 0 Å². The highest BCUT2D eigenvalue weighted by Crippen LogP contribution is 2.33. The van der Waals surface area contributed by atoms with Crippen molar-refractivity contribution >= 4 is 11.6 Å². The maximum absolute atomic E-state index is 13.1. The molecule has 142 valence electrons. The van der Waals surface area contributed by atoms with E-state index in [1.807, 2.05) is 12.1 Å². The third-order valence-corrected chi connectivity index (χ3v) is 5.77. The zero-order valence-electron chi connectivity index (χ0n) is 15.5. The van der Waals surface area contributed by atoms with Crippen LogP contribution in [0.5, 0.6) is 0 Å². The van der Waals surface area contributed by atoms with Gasteiger partial charge < -0.3 is 10.6 Å². The minimum atomic E-state index is -0.205. The van der Waals surface area contributed by atoms with Crippen molar-refractivity contribution in [3.8, 4) is 0 Å². The number of rotatable bonds is 2. The lowest BCUT2D eigenvalue weighted by Crippen LogP contribution is -2.51. The summed E-state index contributed by atoms with van der Waals surface area (Å²) in [6.45, 7) is 3.34. The van der Waals surface area contributed by atoms with Crippen molar-refractivity contribution in [1.29, 1.82) is 0 Å². The summed E-state index contributed by atoms with van der Waals surface area (Å²) in [5.41, 5.74) is 3.33. The number of likely N-dealkylation sites (tertiary alicyclic amines) is 1. The topological polar surface area (TPSA) is 44.4 Å². The molecule has 0 aliphatic carbocycles. The Labute approximate surface area is 159 Å². The standard InChI is InChI=1S/C22H26FN3O/c23-19-7-5-17(6-8-19)16-26-13-10-22(11-14-26)15-21(27)24-12-9-18-3-1-2-4-20(18)25-22/h1-8,25H,9-16H2,(H,24,27). The third-order valence-electron chi connectivity index (χ3n) is 5.77. The van der Waals surface area contributed by atoms with E-state index in [4.69, 9.17) is 0 Å². The average Bonchev–Trinajstić information content (AvgIpc) is 2.73. The normalized spacial score (nSPS) is 20.0. The Balaban J connectivity index is 1.47. The van der Waals surface area contributed by atoms with E-state index in [-0.39, 0.29) is 17.3 Å². The molecule has 2 aromatic carbocycles. The number of carbonyl (C=O) groups is 1. The smallest absolute Gasteiger partial charge is 0.222 e. The summed E-state index contributed by atoms with van der Waals surface area (Å²) in [7, 11) is 0. The number of fused-ring (bicyclic) bond motifs is 1. The monoisotopic (exact) mass is 367 g/mol. The molecule has 2 aliphatic heterocycles. The molecule has 4 rings (SSSR count). The highest BCUT2D eigenvalue weighted by atomic mass is 19.1. The summed E-state index contributed by atoms with van der Waals surface area (Å²) >= 11 is 0. The maximum Gasteiger partial charge on any atom is 0.222 e. The van der Waals surface area contributed by atoms with E-state index in [2.05, 4.69) is 39.8 Å². The van der Waals surface area contributed by atoms with E-state index in [1.165, 1.54) is 17.7 Å². The van der Waals surface area contributed by atoms with Crippen molar-refractivity contribution < 1.29 is 9.18 Å². The molecular formula is C22H26FN3O. The van der Waals surface area contributed by atoms with Crippen LogP contribution in [0.15, 0.2) is 48.5 Å². The number of para-hydroxylation sites is 1. The van der Waals surface area contributed by atoms with E-state index < -0.39 is 0 Å². The van der Waals surface area contributed by atoms with Gasteiger partial charge in [-0.1, -0.05) is 30.3 Å². The fraction of sp³-hybridized carbons (Fsp3) is 0.409. The quantitative estimate of drug-likeness (QED) is 0.856. The second kappa shape index (κ2) is 7.69. The fourth-order valence-electron chi connectivity index (χ4n) is 4.19. The maximum atomic E-state index is 13.1. The first-order chi connectivity index (χ1) is 13.1. The third kappa shape index (κ3) is 4.30. The Hall–Kier alpha value is -2.40. The average molecular weight is 367 g/mol. The van der Waals surface area contributed by atoms with Crippen LogP contribution in [0, 0.1) is 5.82 Å². The van der Waals surface area contributed by atoms with Crippen LogP contribution in [-0.2, 0) is 17.8 Å². The lowest BCUT2D eigenvalue weighted by Gasteiger charge is -2.43. The van der Waals surface area contributed by atoms with Gasteiger partial charge in [-0.05, 0) is 48.6 Å². The zero-order chi connectivity index (χ0) is 18.7. The Morgan fingerprint density at radius 1 is 1.04 bits per heavy atom. The molecule has 0 aromatic heterocycles.